The topological polar surface area (TPSA) is 37.9 Å². The summed E-state index contributed by atoms with van der Waals surface area (Å²) in [7, 11) is 0. The van der Waals surface area contributed by atoms with Crippen LogP contribution in [0.25, 0.3) is 11.0 Å². The third-order valence-corrected chi connectivity index (χ3v) is 3.67. The number of H-pyrrole nitrogens is 1. The third-order valence-electron chi connectivity index (χ3n) is 3.67. The Morgan fingerprint density at radius 3 is 2.48 bits per heavy atom. The number of aryl methyl sites for hydroxylation is 3. The number of nitrogens with zero attached hydrogens (tertiary/aromatic N) is 1. The molecular weight excluding hydrogens is 260 g/mol. The number of ether oxygens (including phenoxy) is 1. The number of rotatable bonds is 3. The molecule has 0 aliphatic heterocycles. The molecule has 1 heterocycles. The molecule has 108 valence electrons. The molecule has 3 nitrogen and oxygen atoms in total. The van der Waals surface area contributed by atoms with E-state index in [1.165, 1.54) is 11.1 Å². The molecule has 21 heavy (non-hydrogen) atoms. The molecule has 1 atom stereocenters. The molecule has 3 heteroatoms. The Hall–Kier alpha value is -2.29. The van der Waals surface area contributed by atoms with Crippen LogP contribution in [0.4, 0.5) is 0 Å². The number of nitrogens with one attached hydrogen (secondary N) is 1. The number of aromatic amines is 1. The van der Waals surface area contributed by atoms with Crippen molar-refractivity contribution < 1.29 is 4.74 Å². The molecule has 0 unspecified atom stereocenters. The van der Waals surface area contributed by atoms with Crippen molar-refractivity contribution >= 4 is 11.0 Å². The zero-order chi connectivity index (χ0) is 15.0. The van der Waals surface area contributed by atoms with Gasteiger partial charge in [0.05, 0.1) is 11.0 Å². The molecule has 0 fully saturated rings. The van der Waals surface area contributed by atoms with E-state index in [9.17, 15) is 0 Å². The second-order valence-corrected chi connectivity index (χ2v) is 5.67. The van der Waals surface area contributed by atoms with E-state index in [-0.39, 0.29) is 6.10 Å². The molecular formula is C18H20N2O. The highest BCUT2D eigenvalue weighted by Crippen LogP contribution is 2.25. The fourth-order valence-electron chi connectivity index (χ4n) is 2.51. The summed E-state index contributed by atoms with van der Waals surface area (Å²) in [6.45, 7) is 8.25. The minimum Gasteiger partial charge on any atom is -0.483 e. The van der Waals surface area contributed by atoms with Gasteiger partial charge in [-0.2, -0.15) is 0 Å². The third kappa shape index (κ3) is 2.77. The largest absolute Gasteiger partial charge is 0.483 e. The monoisotopic (exact) mass is 280 g/mol. The molecule has 0 radical (unpaired) electrons. The first-order valence-corrected chi connectivity index (χ1v) is 7.23. The zero-order valence-electron chi connectivity index (χ0n) is 12.9. The van der Waals surface area contributed by atoms with Crippen LogP contribution in [0.2, 0.25) is 0 Å². The first kappa shape index (κ1) is 13.7. The fraction of sp³-hybridized carbons (Fsp3) is 0.278. The van der Waals surface area contributed by atoms with Crippen molar-refractivity contribution in [3.8, 4) is 5.75 Å². The number of imidazole rings is 1. The highest BCUT2D eigenvalue weighted by Gasteiger charge is 2.13. The molecule has 0 aliphatic rings. The average molecular weight is 280 g/mol. The van der Waals surface area contributed by atoms with E-state index in [1.807, 2.05) is 19.1 Å². The van der Waals surface area contributed by atoms with E-state index in [0.717, 1.165) is 28.2 Å². The van der Waals surface area contributed by atoms with Gasteiger partial charge in [-0.25, -0.2) is 4.98 Å². The maximum atomic E-state index is 6.05. The van der Waals surface area contributed by atoms with Crippen molar-refractivity contribution in [2.75, 3.05) is 0 Å². The van der Waals surface area contributed by atoms with Gasteiger partial charge in [0, 0.05) is 0 Å². The molecule has 0 aliphatic carbocycles. The number of hydrogen-bond acceptors (Lipinski definition) is 2. The van der Waals surface area contributed by atoms with Gasteiger partial charge in [-0.05, 0) is 57.0 Å². The quantitative estimate of drug-likeness (QED) is 0.759. The van der Waals surface area contributed by atoms with E-state index in [0.29, 0.717) is 0 Å². The summed E-state index contributed by atoms with van der Waals surface area (Å²) in [5, 5.41) is 0. The Morgan fingerprint density at radius 1 is 1.00 bits per heavy atom. The van der Waals surface area contributed by atoms with Gasteiger partial charge in [0.25, 0.3) is 0 Å². The van der Waals surface area contributed by atoms with E-state index >= 15 is 0 Å². The molecule has 1 N–H and O–H groups in total. The summed E-state index contributed by atoms with van der Waals surface area (Å²) in [4.78, 5) is 7.97. The smallest absolute Gasteiger partial charge is 0.153 e. The lowest BCUT2D eigenvalue weighted by molar-refractivity contribution is 0.216. The van der Waals surface area contributed by atoms with Crippen LogP contribution in [0.5, 0.6) is 5.75 Å². The van der Waals surface area contributed by atoms with Crippen LogP contribution in [-0.2, 0) is 0 Å². The van der Waals surface area contributed by atoms with Crippen LogP contribution in [0.1, 0.15) is 35.5 Å². The normalized spacial score (nSPS) is 12.6. The van der Waals surface area contributed by atoms with Gasteiger partial charge in [0.15, 0.2) is 6.10 Å². The Morgan fingerprint density at radius 2 is 1.71 bits per heavy atom. The Labute approximate surface area is 125 Å². The minimum atomic E-state index is -0.112. The number of fused-ring (bicyclic) bond motifs is 1. The van der Waals surface area contributed by atoms with Gasteiger partial charge in [0.2, 0.25) is 0 Å². The lowest BCUT2D eigenvalue weighted by Crippen LogP contribution is -2.06. The van der Waals surface area contributed by atoms with Crippen LogP contribution < -0.4 is 4.74 Å². The van der Waals surface area contributed by atoms with Crippen molar-refractivity contribution in [2.24, 2.45) is 0 Å². The molecule has 1 aromatic heterocycles. The number of benzene rings is 2. The van der Waals surface area contributed by atoms with Crippen molar-refractivity contribution in [1.82, 2.24) is 9.97 Å². The SMILES string of the molecule is Cc1ccc(O[C@H](C)c2nc3ccc(C)cc3[nH]2)c(C)c1. The van der Waals surface area contributed by atoms with Gasteiger partial charge in [0.1, 0.15) is 11.6 Å². The molecule has 0 spiro atoms. The molecule has 0 bridgehead atoms. The van der Waals surface area contributed by atoms with E-state index < -0.39 is 0 Å². The Balaban J connectivity index is 1.87. The molecule has 3 rings (SSSR count). The van der Waals surface area contributed by atoms with Crippen LogP contribution in [0.15, 0.2) is 36.4 Å². The Kier molecular flexibility index (Phi) is 3.42. The summed E-state index contributed by atoms with van der Waals surface area (Å²) in [6, 6.07) is 12.4. The lowest BCUT2D eigenvalue weighted by atomic mass is 10.1. The van der Waals surface area contributed by atoms with Crippen LogP contribution in [0, 0.1) is 20.8 Å². The second-order valence-electron chi connectivity index (χ2n) is 5.67. The van der Waals surface area contributed by atoms with Gasteiger partial charge in [-0.1, -0.05) is 23.8 Å². The summed E-state index contributed by atoms with van der Waals surface area (Å²) in [5.41, 5.74) is 5.65. The van der Waals surface area contributed by atoms with Gasteiger partial charge < -0.3 is 9.72 Å². The maximum absolute atomic E-state index is 6.05. The highest BCUT2D eigenvalue weighted by atomic mass is 16.5. The van der Waals surface area contributed by atoms with E-state index in [1.54, 1.807) is 0 Å². The molecule has 3 aromatic rings. The first-order valence-electron chi connectivity index (χ1n) is 7.23. The summed E-state index contributed by atoms with van der Waals surface area (Å²) in [5.74, 6) is 1.76. The minimum absolute atomic E-state index is 0.112. The van der Waals surface area contributed by atoms with Gasteiger partial charge in [-0.15, -0.1) is 0 Å². The maximum Gasteiger partial charge on any atom is 0.153 e. The summed E-state index contributed by atoms with van der Waals surface area (Å²) >= 11 is 0. The predicted octanol–water partition coefficient (Wildman–Crippen LogP) is 4.63. The zero-order valence-corrected chi connectivity index (χ0v) is 12.9. The molecule has 0 amide bonds. The summed E-state index contributed by atoms with van der Waals surface area (Å²) in [6.07, 6.45) is -0.112. The highest BCUT2D eigenvalue weighted by molar-refractivity contribution is 5.75. The second kappa shape index (κ2) is 5.24. The molecule has 0 saturated carbocycles. The van der Waals surface area contributed by atoms with Crippen LogP contribution >= 0.6 is 0 Å². The lowest BCUT2D eigenvalue weighted by Gasteiger charge is -2.14. The van der Waals surface area contributed by atoms with Crippen molar-refractivity contribution in [2.45, 2.75) is 33.8 Å². The van der Waals surface area contributed by atoms with Gasteiger partial charge >= 0.3 is 0 Å². The average Bonchev–Trinajstić information content (AvgIpc) is 2.85. The fourth-order valence-corrected chi connectivity index (χ4v) is 2.51. The predicted molar refractivity (Wildman–Crippen MR) is 85.8 cm³/mol. The van der Waals surface area contributed by atoms with E-state index in [2.05, 4.69) is 55.0 Å². The number of hydrogen-bond donors (Lipinski definition) is 1. The Bertz CT molecular complexity index is 789. The van der Waals surface area contributed by atoms with Crippen molar-refractivity contribution in [3.63, 3.8) is 0 Å². The molecule has 2 aromatic carbocycles. The van der Waals surface area contributed by atoms with Crippen LogP contribution in [0.3, 0.4) is 0 Å². The van der Waals surface area contributed by atoms with Crippen molar-refractivity contribution in [1.29, 1.82) is 0 Å². The van der Waals surface area contributed by atoms with E-state index in [4.69, 9.17) is 4.74 Å². The van der Waals surface area contributed by atoms with Gasteiger partial charge in [-0.3, -0.25) is 0 Å². The first-order chi connectivity index (χ1) is 10.0. The van der Waals surface area contributed by atoms with Crippen LogP contribution in [-0.4, -0.2) is 9.97 Å². The molecule has 0 saturated heterocycles. The number of aromatic nitrogens is 2. The standard InChI is InChI=1S/C18H20N2O/c1-11-6-8-17(13(3)9-11)21-14(4)18-19-15-7-5-12(2)10-16(15)20-18/h5-10,14H,1-4H3,(H,19,20)/t14-/m1/s1. The van der Waals surface area contributed by atoms with Crippen molar-refractivity contribution in [3.05, 3.63) is 58.9 Å². The summed E-state index contributed by atoms with van der Waals surface area (Å²) < 4.78 is 6.05.